The fourth-order valence-electron chi connectivity index (χ4n) is 4.75. The van der Waals surface area contributed by atoms with Crippen molar-refractivity contribution in [2.24, 2.45) is 23.7 Å². The topological polar surface area (TPSA) is 63.7 Å². The molecule has 1 saturated carbocycles. The molecule has 4 atom stereocenters. The zero-order chi connectivity index (χ0) is 19.3. The molecule has 2 amide bonds. The third kappa shape index (κ3) is 2.50. The summed E-state index contributed by atoms with van der Waals surface area (Å²) in [6.07, 6.45) is 5.03. The maximum atomic E-state index is 13.0. The highest BCUT2D eigenvalue weighted by atomic mass is 16.5. The van der Waals surface area contributed by atoms with Gasteiger partial charge in [0.1, 0.15) is 5.75 Å². The number of carbonyl (C=O) groups is 3. The van der Waals surface area contributed by atoms with Gasteiger partial charge in [0.05, 0.1) is 17.5 Å². The molecule has 2 bridgehead atoms. The summed E-state index contributed by atoms with van der Waals surface area (Å²) in [5, 5.41) is 0. The normalized spacial score (nSPS) is 27.4. The van der Waals surface area contributed by atoms with Crippen LogP contribution in [-0.2, 0) is 9.59 Å². The summed E-state index contributed by atoms with van der Waals surface area (Å²) in [4.78, 5) is 39.7. The van der Waals surface area contributed by atoms with Crippen molar-refractivity contribution in [2.75, 3.05) is 11.5 Å². The maximum absolute atomic E-state index is 13.0. The van der Waals surface area contributed by atoms with Gasteiger partial charge in [0.25, 0.3) is 0 Å². The summed E-state index contributed by atoms with van der Waals surface area (Å²) in [5.41, 5.74) is 0.984. The molecule has 0 unspecified atom stereocenters. The number of para-hydroxylation sites is 2. The number of fused-ring (bicyclic) bond motifs is 5. The molecule has 0 spiro atoms. The van der Waals surface area contributed by atoms with E-state index in [0.29, 0.717) is 17.0 Å². The Morgan fingerprint density at radius 1 is 0.893 bits per heavy atom. The van der Waals surface area contributed by atoms with E-state index in [9.17, 15) is 14.4 Å². The molecule has 1 heterocycles. The van der Waals surface area contributed by atoms with E-state index in [4.69, 9.17) is 4.74 Å². The lowest BCUT2D eigenvalue weighted by Crippen LogP contribution is -2.33. The third-order valence-corrected chi connectivity index (χ3v) is 6.03. The van der Waals surface area contributed by atoms with Crippen LogP contribution in [0, 0.1) is 23.7 Å². The Morgan fingerprint density at radius 3 is 2.18 bits per heavy atom. The number of ketones is 1. The number of nitrogens with zero attached hydrogens (tertiary/aromatic N) is 1. The second-order valence-electron chi connectivity index (χ2n) is 7.56. The first kappa shape index (κ1) is 16.9. The summed E-state index contributed by atoms with van der Waals surface area (Å²) >= 11 is 0. The largest absolute Gasteiger partial charge is 0.483 e. The molecule has 0 N–H and O–H groups in total. The highest BCUT2D eigenvalue weighted by Crippen LogP contribution is 2.53. The van der Waals surface area contributed by atoms with Gasteiger partial charge < -0.3 is 4.74 Å². The second kappa shape index (κ2) is 6.44. The van der Waals surface area contributed by atoms with E-state index < -0.39 is 0 Å². The number of hydrogen-bond acceptors (Lipinski definition) is 4. The Labute approximate surface area is 162 Å². The predicted molar refractivity (Wildman–Crippen MR) is 103 cm³/mol. The fourth-order valence-corrected chi connectivity index (χ4v) is 4.75. The first-order chi connectivity index (χ1) is 13.6. The number of ether oxygens (including phenoxy) is 1. The lowest BCUT2D eigenvalue weighted by molar-refractivity contribution is -0.123. The average Bonchev–Trinajstić information content (AvgIpc) is 3.41. The van der Waals surface area contributed by atoms with Gasteiger partial charge in [-0.1, -0.05) is 54.6 Å². The highest BCUT2D eigenvalue weighted by Gasteiger charge is 2.59. The van der Waals surface area contributed by atoms with Crippen LogP contribution >= 0.6 is 0 Å². The summed E-state index contributed by atoms with van der Waals surface area (Å²) in [5.74, 6) is -0.312. The van der Waals surface area contributed by atoms with Crippen molar-refractivity contribution in [3.05, 3.63) is 72.3 Å². The Balaban J connectivity index is 1.39. The van der Waals surface area contributed by atoms with Crippen LogP contribution in [-0.4, -0.2) is 24.2 Å². The van der Waals surface area contributed by atoms with Crippen molar-refractivity contribution >= 4 is 23.3 Å². The van der Waals surface area contributed by atoms with Gasteiger partial charge in [0, 0.05) is 5.56 Å². The monoisotopic (exact) mass is 373 g/mol. The molecular weight excluding hydrogens is 354 g/mol. The van der Waals surface area contributed by atoms with Crippen LogP contribution < -0.4 is 9.64 Å². The minimum atomic E-state index is -0.262. The van der Waals surface area contributed by atoms with Crippen molar-refractivity contribution in [1.82, 2.24) is 0 Å². The smallest absolute Gasteiger partial charge is 0.238 e. The number of imide groups is 1. The van der Waals surface area contributed by atoms with Crippen molar-refractivity contribution in [1.29, 1.82) is 0 Å². The molecule has 1 saturated heterocycles. The zero-order valence-electron chi connectivity index (χ0n) is 15.2. The molecule has 140 valence electrons. The molecular formula is C23H19NO4. The first-order valence-corrected chi connectivity index (χ1v) is 9.51. The molecule has 2 aromatic carbocycles. The van der Waals surface area contributed by atoms with E-state index in [1.807, 2.05) is 6.07 Å². The summed E-state index contributed by atoms with van der Waals surface area (Å²) in [6, 6.07) is 15.8. The van der Waals surface area contributed by atoms with Gasteiger partial charge in [0.2, 0.25) is 11.8 Å². The lowest BCUT2D eigenvalue weighted by atomic mass is 9.85. The van der Waals surface area contributed by atoms with Gasteiger partial charge in [-0.25, -0.2) is 4.90 Å². The quantitative estimate of drug-likeness (QED) is 0.458. The van der Waals surface area contributed by atoms with Crippen LogP contribution in [0.5, 0.6) is 5.75 Å². The van der Waals surface area contributed by atoms with E-state index in [1.165, 1.54) is 4.90 Å². The van der Waals surface area contributed by atoms with Crippen molar-refractivity contribution in [3.63, 3.8) is 0 Å². The molecule has 3 aliphatic rings. The molecule has 1 aliphatic heterocycles. The number of amides is 2. The van der Waals surface area contributed by atoms with E-state index in [2.05, 4.69) is 12.2 Å². The Hall–Kier alpha value is -3.21. The Morgan fingerprint density at radius 2 is 1.50 bits per heavy atom. The molecule has 28 heavy (non-hydrogen) atoms. The number of allylic oxidation sites excluding steroid dienone is 2. The zero-order valence-corrected chi connectivity index (χ0v) is 15.2. The van der Waals surface area contributed by atoms with Crippen LogP contribution in [0.1, 0.15) is 16.8 Å². The SMILES string of the molecule is O=C(COc1ccccc1N1C(=O)[C@@H]2[C@H](C1=O)[C@@H]1C=C[C@H]2C1)c1ccccc1. The molecule has 0 aromatic heterocycles. The number of rotatable bonds is 5. The van der Waals surface area contributed by atoms with Crippen LogP contribution in [0.4, 0.5) is 5.69 Å². The number of anilines is 1. The van der Waals surface area contributed by atoms with E-state index in [1.54, 1.807) is 48.5 Å². The summed E-state index contributed by atoms with van der Waals surface area (Å²) in [7, 11) is 0. The number of benzene rings is 2. The van der Waals surface area contributed by atoms with Crippen LogP contribution in [0.3, 0.4) is 0 Å². The van der Waals surface area contributed by atoms with Gasteiger partial charge in [-0.05, 0) is 30.4 Å². The minimum Gasteiger partial charge on any atom is -0.483 e. The second-order valence-corrected chi connectivity index (χ2v) is 7.56. The number of hydrogen-bond donors (Lipinski definition) is 0. The van der Waals surface area contributed by atoms with Crippen LogP contribution in [0.15, 0.2) is 66.7 Å². The minimum absolute atomic E-state index is 0.155. The van der Waals surface area contributed by atoms with Crippen molar-refractivity contribution < 1.29 is 19.1 Å². The fraction of sp³-hybridized carbons (Fsp3) is 0.261. The predicted octanol–water partition coefficient (Wildman–Crippen LogP) is 3.26. The Kier molecular flexibility index (Phi) is 3.90. The molecule has 0 radical (unpaired) electrons. The van der Waals surface area contributed by atoms with Gasteiger partial charge in [-0.15, -0.1) is 0 Å². The van der Waals surface area contributed by atoms with E-state index in [-0.39, 0.29) is 47.9 Å². The standard InChI is InChI=1S/C23H19NO4/c25-18(14-6-2-1-3-7-14)13-28-19-9-5-4-8-17(19)24-22(26)20-15-10-11-16(12-15)21(20)23(24)27/h1-11,15-16,20-21H,12-13H2/t15-,16+,20-,21+. The number of carbonyl (C=O) groups excluding carboxylic acids is 3. The van der Waals surface area contributed by atoms with Gasteiger partial charge in [-0.2, -0.15) is 0 Å². The van der Waals surface area contributed by atoms with Crippen molar-refractivity contribution in [3.8, 4) is 5.75 Å². The summed E-state index contributed by atoms with van der Waals surface area (Å²) in [6.45, 7) is -0.156. The maximum Gasteiger partial charge on any atom is 0.238 e. The molecule has 5 rings (SSSR count). The molecule has 2 aromatic rings. The Bertz CT molecular complexity index is 967. The average molecular weight is 373 g/mol. The lowest BCUT2D eigenvalue weighted by Gasteiger charge is -2.20. The first-order valence-electron chi connectivity index (χ1n) is 9.51. The van der Waals surface area contributed by atoms with Gasteiger partial charge >= 0.3 is 0 Å². The third-order valence-electron chi connectivity index (χ3n) is 6.03. The van der Waals surface area contributed by atoms with E-state index in [0.717, 1.165) is 6.42 Å². The molecule has 5 heteroatoms. The molecule has 2 fully saturated rings. The molecule has 2 aliphatic carbocycles. The summed E-state index contributed by atoms with van der Waals surface area (Å²) < 4.78 is 5.74. The van der Waals surface area contributed by atoms with Crippen molar-refractivity contribution in [2.45, 2.75) is 6.42 Å². The van der Waals surface area contributed by atoms with Crippen LogP contribution in [0.2, 0.25) is 0 Å². The van der Waals surface area contributed by atoms with Gasteiger partial charge in [-0.3, -0.25) is 14.4 Å². The number of Topliss-reactive ketones (excluding diaryl/α,β-unsaturated/α-hetero) is 1. The molecule has 5 nitrogen and oxygen atoms in total. The van der Waals surface area contributed by atoms with Gasteiger partial charge in [0.15, 0.2) is 12.4 Å². The highest BCUT2D eigenvalue weighted by molar-refractivity contribution is 6.23. The van der Waals surface area contributed by atoms with Crippen LogP contribution in [0.25, 0.3) is 0 Å². The van der Waals surface area contributed by atoms with E-state index >= 15 is 0 Å².